The molecular weight excluding hydrogens is 230 g/mol. The molecule has 1 amide bonds. The van der Waals surface area contributed by atoms with Gasteiger partial charge in [-0.1, -0.05) is 32.4 Å². The van der Waals surface area contributed by atoms with Crippen molar-refractivity contribution in [3.63, 3.8) is 0 Å². The van der Waals surface area contributed by atoms with Gasteiger partial charge in [-0.3, -0.25) is 4.79 Å². The van der Waals surface area contributed by atoms with Gasteiger partial charge in [0.2, 0.25) is 5.91 Å². The lowest BCUT2D eigenvalue weighted by atomic mass is 10.1. The van der Waals surface area contributed by atoms with Gasteiger partial charge in [0.15, 0.2) is 0 Å². The highest BCUT2D eigenvalue weighted by molar-refractivity contribution is 5.88. The second-order valence-electron chi connectivity index (χ2n) is 4.50. The van der Waals surface area contributed by atoms with E-state index in [4.69, 9.17) is 5.11 Å². The normalized spacial score (nSPS) is 11.9. The minimum absolute atomic E-state index is 0.0714. The van der Waals surface area contributed by atoms with Crippen molar-refractivity contribution >= 4 is 11.9 Å². The Hall–Kier alpha value is -1.84. The summed E-state index contributed by atoms with van der Waals surface area (Å²) in [7, 11) is 0. The Morgan fingerprint density at radius 2 is 2.11 bits per heavy atom. The third-order valence-electron chi connectivity index (χ3n) is 2.88. The fraction of sp³-hybridized carbons (Fsp3) is 0.429. The van der Waals surface area contributed by atoms with Crippen LogP contribution in [0.25, 0.3) is 0 Å². The number of hydrogen-bond donors (Lipinski definition) is 2. The molecule has 1 rings (SSSR count). The van der Waals surface area contributed by atoms with Crippen LogP contribution in [0.2, 0.25) is 0 Å². The minimum Gasteiger partial charge on any atom is -0.478 e. The molecule has 0 aliphatic rings. The Bertz CT molecular complexity index is 429. The molecule has 18 heavy (non-hydrogen) atoms. The van der Waals surface area contributed by atoms with E-state index in [-0.39, 0.29) is 17.9 Å². The highest BCUT2D eigenvalue weighted by Crippen LogP contribution is 2.06. The van der Waals surface area contributed by atoms with E-state index < -0.39 is 5.97 Å². The summed E-state index contributed by atoms with van der Waals surface area (Å²) in [5, 5.41) is 11.7. The first-order valence-electron chi connectivity index (χ1n) is 6.11. The van der Waals surface area contributed by atoms with Gasteiger partial charge in [-0.15, -0.1) is 0 Å². The molecule has 0 radical (unpaired) electrons. The van der Waals surface area contributed by atoms with Crippen molar-refractivity contribution in [3.8, 4) is 0 Å². The first kappa shape index (κ1) is 14.2. The minimum atomic E-state index is -0.975. The highest BCUT2D eigenvalue weighted by Gasteiger charge is 2.08. The molecule has 0 aliphatic heterocycles. The van der Waals surface area contributed by atoms with Crippen LogP contribution < -0.4 is 5.32 Å². The zero-order chi connectivity index (χ0) is 13.5. The number of carboxylic acid groups (broad SMARTS) is 1. The summed E-state index contributed by atoms with van der Waals surface area (Å²) in [5.41, 5.74) is 0.929. The summed E-state index contributed by atoms with van der Waals surface area (Å²) in [6.45, 7) is 4.81. The smallest absolute Gasteiger partial charge is 0.335 e. The van der Waals surface area contributed by atoms with Crippen LogP contribution in [0.5, 0.6) is 0 Å². The second kappa shape index (κ2) is 6.79. The van der Waals surface area contributed by atoms with Gasteiger partial charge in [0.1, 0.15) is 0 Å². The van der Waals surface area contributed by atoms with E-state index in [9.17, 15) is 9.59 Å². The Morgan fingerprint density at radius 3 is 2.72 bits per heavy atom. The van der Waals surface area contributed by atoms with Crippen molar-refractivity contribution in [2.24, 2.45) is 5.92 Å². The predicted molar refractivity (Wildman–Crippen MR) is 69.6 cm³/mol. The number of carbonyl (C=O) groups is 2. The third-order valence-corrected chi connectivity index (χ3v) is 2.88. The van der Waals surface area contributed by atoms with Crippen LogP contribution in [-0.4, -0.2) is 23.5 Å². The maximum Gasteiger partial charge on any atom is 0.335 e. The third kappa shape index (κ3) is 4.57. The number of hydrogen-bond acceptors (Lipinski definition) is 2. The first-order chi connectivity index (χ1) is 8.52. The standard InChI is InChI=1S/C14H19NO3/c1-3-10(2)9-15-13(16)8-11-5-4-6-12(7-11)14(17)18/h4-7,10H,3,8-9H2,1-2H3,(H,15,16)(H,17,18). The molecule has 1 aromatic carbocycles. The lowest BCUT2D eigenvalue weighted by Crippen LogP contribution is -2.29. The van der Waals surface area contributed by atoms with Gasteiger partial charge in [0, 0.05) is 6.54 Å². The average Bonchev–Trinajstić information content (AvgIpc) is 2.36. The fourth-order valence-corrected chi connectivity index (χ4v) is 1.49. The van der Waals surface area contributed by atoms with Crippen LogP contribution in [0.15, 0.2) is 24.3 Å². The maximum absolute atomic E-state index is 11.7. The molecular formula is C14H19NO3. The molecule has 2 N–H and O–H groups in total. The molecule has 1 aromatic rings. The number of amides is 1. The van der Waals surface area contributed by atoms with E-state index >= 15 is 0 Å². The number of carbonyl (C=O) groups excluding carboxylic acids is 1. The van der Waals surface area contributed by atoms with E-state index in [1.165, 1.54) is 12.1 Å². The maximum atomic E-state index is 11.7. The second-order valence-corrected chi connectivity index (χ2v) is 4.50. The first-order valence-corrected chi connectivity index (χ1v) is 6.11. The van der Waals surface area contributed by atoms with E-state index in [1.807, 2.05) is 0 Å². The predicted octanol–water partition coefficient (Wildman–Crippen LogP) is 2.09. The van der Waals surface area contributed by atoms with Gasteiger partial charge in [-0.05, 0) is 23.6 Å². The molecule has 0 aromatic heterocycles. The number of nitrogens with one attached hydrogen (secondary N) is 1. The molecule has 0 saturated heterocycles. The summed E-state index contributed by atoms with van der Waals surface area (Å²) in [4.78, 5) is 22.4. The van der Waals surface area contributed by atoms with Crippen LogP contribution in [0, 0.1) is 5.92 Å². The number of benzene rings is 1. The van der Waals surface area contributed by atoms with Crippen molar-refractivity contribution in [1.82, 2.24) is 5.32 Å². The lowest BCUT2D eigenvalue weighted by molar-refractivity contribution is -0.120. The highest BCUT2D eigenvalue weighted by atomic mass is 16.4. The van der Waals surface area contributed by atoms with Gasteiger partial charge < -0.3 is 10.4 Å². The Labute approximate surface area is 107 Å². The van der Waals surface area contributed by atoms with E-state index in [1.54, 1.807) is 12.1 Å². The summed E-state index contributed by atoms with van der Waals surface area (Å²) >= 11 is 0. The summed E-state index contributed by atoms with van der Waals surface area (Å²) < 4.78 is 0. The summed E-state index contributed by atoms with van der Waals surface area (Å²) in [6, 6.07) is 6.46. The Balaban J connectivity index is 2.54. The van der Waals surface area contributed by atoms with Crippen molar-refractivity contribution in [2.75, 3.05) is 6.54 Å². The van der Waals surface area contributed by atoms with E-state index in [2.05, 4.69) is 19.2 Å². The van der Waals surface area contributed by atoms with Crippen LogP contribution in [0.1, 0.15) is 36.2 Å². The zero-order valence-corrected chi connectivity index (χ0v) is 10.8. The van der Waals surface area contributed by atoms with Gasteiger partial charge >= 0.3 is 5.97 Å². The topological polar surface area (TPSA) is 66.4 Å². The number of rotatable bonds is 6. The van der Waals surface area contributed by atoms with E-state index in [0.29, 0.717) is 12.5 Å². The van der Waals surface area contributed by atoms with Gasteiger partial charge in [0.05, 0.1) is 12.0 Å². The summed E-state index contributed by atoms with van der Waals surface area (Å²) in [5.74, 6) is -0.589. The van der Waals surface area contributed by atoms with Crippen molar-refractivity contribution in [2.45, 2.75) is 26.7 Å². The molecule has 0 spiro atoms. The Kier molecular flexibility index (Phi) is 5.36. The molecule has 0 bridgehead atoms. The van der Waals surface area contributed by atoms with Crippen molar-refractivity contribution < 1.29 is 14.7 Å². The molecule has 0 fully saturated rings. The molecule has 98 valence electrons. The average molecular weight is 249 g/mol. The summed E-state index contributed by atoms with van der Waals surface area (Å²) in [6.07, 6.45) is 1.24. The molecule has 4 heteroatoms. The quantitative estimate of drug-likeness (QED) is 0.811. The fourth-order valence-electron chi connectivity index (χ4n) is 1.49. The van der Waals surface area contributed by atoms with Crippen molar-refractivity contribution in [3.05, 3.63) is 35.4 Å². The zero-order valence-electron chi connectivity index (χ0n) is 10.8. The van der Waals surface area contributed by atoms with Crippen LogP contribution >= 0.6 is 0 Å². The lowest BCUT2D eigenvalue weighted by Gasteiger charge is -2.10. The number of aromatic carboxylic acids is 1. The van der Waals surface area contributed by atoms with E-state index in [0.717, 1.165) is 12.0 Å². The molecule has 0 saturated carbocycles. The molecule has 4 nitrogen and oxygen atoms in total. The Morgan fingerprint density at radius 1 is 1.39 bits per heavy atom. The van der Waals surface area contributed by atoms with Gasteiger partial charge in [0.25, 0.3) is 0 Å². The number of carboxylic acids is 1. The molecule has 0 heterocycles. The van der Waals surface area contributed by atoms with Crippen LogP contribution in [-0.2, 0) is 11.2 Å². The monoisotopic (exact) mass is 249 g/mol. The van der Waals surface area contributed by atoms with Crippen molar-refractivity contribution in [1.29, 1.82) is 0 Å². The molecule has 1 unspecified atom stereocenters. The SMILES string of the molecule is CCC(C)CNC(=O)Cc1cccc(C(=O)O)c1. The van der Waals surface area contributed by atoms with Crippen LogP contribution in [0.4, 0.5) is 0 Å². The molecule has 1 atom stereocenters. The van der Waals surface area contributed by atoms with Gasteiger partial charge in [-0.2, -0.15) is 0 Å². The van der Waals surface area contributed by atoms with Crippen LogP contribution in [0.3, 0.4) is 0 Å². The largest absolute Gasteiger partial charge is 0.478 e. The molecule has 0 aliphatic carbocycles. The van der Waals surface area contributed by atoms with Gasteiger partial charge in [-0.25, -0.2) is 4.79 Å².